The first-order valence-corrected chi connectivity index (χ1v) is 11.4. The summed E-state index contributed by atoms with van der Waals surface area (Å²) in [5.74, 6) is 0.310. The minimum absolute atomic E-state index is 0.0603. The molecule has 6 nitrogen and oxygen atoms in total. The van der Waals surface area contributed by atoms with Crippen LogP contribution in [-0.2, 0) is 14.8 Å². The summed E-state index contributed by atoms with van der Waals surface area (Å²) in [6.07, 6.45) is -0.728. The molecule has 162 valence electrons. The van der Waals surface area contributed by atoms with Crippen molar-refractivity contribution < 1.29 is 17.9 Å². The summed E-state index contributed by atoms with van der Waals surface area (Å²) in [5, 5.41) is 3.16. The van der Waals surface area contributed by atoms with E-state index in [-0.39, 0.29) is 10.8 Å². The molecule has 0 bridgehead atoms. The van der Waals surface area contributed by atoms with Crippen LogP contribution in [0.25, 0.3) is 0 Å². The van der Waals surface area contributed by atoms with Gasteiger partial charge in [-0.3, -0.25) is 9.52 Å². The van der Waals surface area contributed by atoms with Crippen molar-refractivity contribution in [2.45, 2.75) is 31.8 Å². The fourth-order valence-corrected chi connectivity index (χ4v) is 4.06. The van der Waals surface area contributed by atoms with Crippen molar-refractivity contribution in [3.63, 3.8) is 0 Å². The number of ether oxygens (including phenoxy) is 1. The third kappa shape index (κ3) is 5.77. The molecule has 0 aliphatic heterocycles. The molecule has 0 aliphatic rings. The van der Waals surface area contributed by atoms with Crippen LogP contribution in [0.3, 0.4) is 0 Å². The lowest BCUT2D eigenvalue weighted by atomic mass is 10.1. The number of rotatable bonds is 7. The predicted octanol–water partition coefficient (Wildman–Crippen LogP) is 5.16. The largest absolute Gasteiger partial charge is 0.481 e. The number of hydrogen-bond donors (Lipinski definition) is 2. The van der Waals surface area contributed by atoms with Gasteiger partial charge in [0.25, 0.3) is 15.9 Å². The Balaban J connectivity index is 1.65. The van der Waals surface area contributed by atoms with E-state index >= 15 is 0 Å². The molecule has 0 spiro atoms. The van der Waals surface area contributed by atoms with Gasteiger partial charge in [-0.05, 0) is 80.4 Å². The molecule has 0 fully saturated rings. The van der Waals surface area contributed by atoms with Crippen LogP contribution in [0.1, 0.15) is 18.1 Å². The summed E-state index contributed by atoms with van der Waals surface area (Å²) in [5.41, 5.74) is 2.88. The van der Waals surface area contributed by atoms with Gasteiger partial charge in [0.05, 0.1) is 10.6 Å². The summed E-state index contributed by atoms with van der Waals surface area (Å²) in [6, 6.07) is 18.0. The van der Waals surface area contributed by atoms with Crippen LogP contribution < -0.4 is 14.8 Å². The topological polar surface area (TPSA) is 84.5 Å². The highest BCUT2D eigenvalue weighted by Gasteiger charge is 2.18. The summed E-state index contributed by atoms with van der Waals surface area (Å²) in [7, 11) is -3.79. The number of halogens is 1. The van der Waals surface area contributed by atoms with Gasteiger partial charge in [-0.15, -0.1) is 0 Å². The predicted molar refractivity (Wildman–Crippen MR) is 123 cm³/mol. The minimum atomic E-state index is -3.79. The van der Waals surface area contributed by atoms with Crippen LogP contribution in [0, 0.1) is 13.8 Å². The number of carbonyl (C=O) groups excluding carboxylic acids is 1. The zero-order chi connectivity index (χ0) is 22.6. The molecule has 1 amide bonds. The van der Waals surface area contributed by atoms with Crippen molar-refractivity contribution in [1.82, 2.24) is 0 Å². The maximum atomic E-state index is 12.6. The highest BCUT2D eigenvalue weighted by Crippen LogP contribution is 2.23. The Labute approximate surface area is 187 Å². The van der Waals surface area contributed by atoms with Gasteiger partial charge in [0.1, 0.15) is 5.75 Å². The molecule has 3 aromatic carbocycles. The summed E-state index contributed by atoms with van der Waals surface area (Å²) in [6.45, 7) is 5.57. The monoisotopic (exact) mass is 458 g/mol. The van der Waals surface area contributed by atoms with Crippen molar-refractivity contribution in [2.24, 2.45) is 0 Å². The van der Waals surface area contributed by atoms with Gasteiger partial charge in [-0.2, -0.15) is 0 Å². The number of aryl methyl sites for hydroxylation is 1. The molecule has 0 saturated heterocycles. The van der Waals surface area contributed by atoms with Gasteiger partial charge in [-0.1, -0.05) is 29.8 Å². The number of amides is 1. The van der Waals surface area contributed by atoms with Crippen LogP contribution >= 0.6 is 11.6 Å². The number of benzene rings is 3. The SMILES string of the molecule is Cc1cccc(O[C@H](C)C(=O)Nc2ccc(S(=O)(=O)Nc3cccc(Cl)c3)cc2)c1C. The first-order chi connectivity index (χ1) is 14.7. The smallest absolute Gasteiger partial charge is 0.265 e. The van der Waals surface area contributed by atoms with E-state index in [4.69, 9.17) is 16.3 Å². The molecule has 3 aromatic rings. The maximum Gasteiger partial charge on any atom is 0.265 e. The van der Waals surface area contributed by atoms with E-state index in [1.807, 2.05) is 32.0 Å². The van der Waals surface area contributed by atoms with E-state index < -0.39 is 16.1 Å². The van der Waals surface area contributed by atoms with Crippen molar-refractivity contribution in [3.8, 4) is 5.75 Å². The Morgan fingerprint density at radius 2 is 1.65 bits per heavy atom. The Hall–Kier alpha value is -3.03. The standard InChI is InChI=1S/C23H23ClN2O4S/c1-15-6-4-9-22(16(15)2)30-17(3)23(27)25-19-10-12-21(13-11-19)31(28,29)26-20-8-5-7-18(24)14-20/h4-14,17,26H,1-3H3,(H,25,27)/t17-/m1/s1. The molecule has 0 unspecified atom stereocenters. The van der Waals surface area contributed by atoms with E-state index in [1.54, 1.807) is 25.1 Å². The molecular weight excluding hydrogens is 436 g/mol. The molecule has 0 heterocycles. The molecule has 8 heteroatoms. The van der Waals surface area contributed by atoms with Crippen LogP contribution in [0.5, 0.6) is 5.75 Å². The molecule has 0 aliphatic carbocycles. The van der Waals surface area contributed by atoms with E-state index in [0.29, 0.717) is 22.1 Å². The Bertz CT molecular complexity index is 1190. The summed E-state index contributed by atoms with van der Waals surface area (Å²) >= 11 is 5.90. The second-order valence-electron chi connectivity index (χ2n) is 7.09. The zero-order valence-corrected chi connectivity index (χ0v) is 18.9. The molecule has 0 saturated carbocycles. The molecule has 0 aromatic heterocycles. The van der Waals surface area contributed by atoms with E-state index in [9.17, 15) is 13.2 Å². The third-order valence-corrected chi connectivity index (χ3v) is 6.37. The van der Waals surface area contributed by atoms with Crippen molar-refractivity contribution >= 4 is 38.9 Å². The normalized spacial score (nSPS) is 12.1. The zero-order valence-electron chi connectivity index (χ0n) is 17.3. The van der Waals surface area contributed by atoms with Crippen molar-refractivity contribution in [3.05, 3.63) is 82.9 Å². The average molecular weight is 459 g/mol. The second kappa shape index (κ2) is 9.41. The minimum Gasteiger partial charge on any atom is -0.481 e. The average Bonchev–Trinajstić information content (AvgIpc) is 2.71. The first-order valence-electron chi connectivity index (χ1n) is 9.58. The number of sulfonamides is 1. The van der Waals surface area contributed by atoms with E-state index in [2.05, 4.69) is 10.0 Å². The maximum absolute atomic E-state index is 12.6. The number of anilines is 2. The first kappa shape index (κ1) is 22.7. The fourth-order valence-electron chi connectivity index (χ4n) is 2.82. The summed E-state index contributed by atoms with van der Waals surface area (Å²) < 4.78 is 33.4. The van der Waals surface area contributed by atoms with Gasteiger partial charge in [-0.25, -0.2) is 8.42 Å². The van der Waals surface area contributed by atoms with Crippen molar-refractivity contribution in [2.75, 3.05) is 10.0 Å². The highest BCUT2D eigenvalue weighted by atomic mass is 35.5. The molecule has 1 atom stereocenters. The van der Waals surface area contributed by atoms with E-state index in [0.717, 1.165) is 11.1 Å². The lowest BCUT2D eigenvalue weighted by molar-refractivity contribution is -0.122. The van der Waals surface area contributed by atoms with E-state index in [1.165, 1.54) is 30.3 Å². The summed E-state index contributed by atoms with van der Waals surface area (Å²) in [4.78, 5) is 12.5. The van der Waals surface area contributed by atoms with Crippen LogP contribution in [0.4, 0.5) is 11.4 Å². The van der Waals surface area contributed by atoms with Gasteiger partial charge in [0.15, 0.2) is 6.10 Å². The van der Waals surface area contributed by atoms with Gasteiger partial charge in [0.2, 0.25) is 0 Å². The lowest BCUT2D eigenvalue weighted by Crippen LogP contribution is -2.30. The Morgan fingerprint density at radius 1 is 0.968 bits per heavy atom. The van der Waals surface area contributed by atoms with Crippen LogP contribution in [0.15, 0.2) is 71.6 Å². The number of carbonyl (C=O) groups is 1. The number of hydrogen-bond acceptors (Lipinski definition) is 4. The number of nitrogens with one attached hydrogen (secondary N) is 2. The third-order valence-electron chi connectivity index (χ3n) is 4.74. The van der Waals surface area contributed by atoms with Crippen LogP contribution in [-0.4, -0.2) is 20.4 Å². The van der Waals surface area contributed by atoms with Crippen molar-refractivity contribution in [1.29, 1.82) is 0 Å². The van der Waals surface area contributed by atoms with Gasteiger partial charge < -0.3 is 10.1 Å². The fraction of sp³-hybridized carbons (Fsp3) is 0.174. The Kier molecular flexibility index (Phi) is 6.87. The molecule has 31 heavy (non-hydrogen) atoms. The second-order valence-corrected chi connectivity index (χ2v) is 9.21. The highest BCUT2D eigenvalue weighted by molar-refractivity contribution is 7.92. The Morgan fingerprint density at radius 3 is 2.32 bits per heavy atom. The molecular formula is C23H23ClN2O4S. The van der Waals surface area contributed by atoms with Crippen LogP contribution in [0.2, 0.25) is 5.02 Å². The molecule has 2 N–H and O–H groups in total. The molecule has 0 radical (unpaired) electrons. The van der Waals surface area contributed by atoms with Gasteiger partial charge in [0, 0.05) is 10.7 Å². The quantitative estimate of drug-likeness (QED) is 0.512. The van der Waals surface area contributed by atoms with Gasteiger partial charge >= 0.3 is 0 Å². The molecule has 3 rings (SSSR count). The lowest BCUT2D eigenvalue weighted by Gasteiger charge is -2.17.